The molecule has 0 saturated heterocycles. The fourth-order valence-corrected chi connectivity index (χ4v) is 6.24. The molecule has 128 valence electrons. The monoisotopic (exact) mass is 358 g/mol. The fraction of sp³-hybridized carbons (Fsp3) is 0.0435. The van der Waals surface area contributed by atoms with Crippen LogP contribution in [0.3, 0.4) is 0 Å². The molecule has 0 aromatic heterocycles. The van der Waals surface area contributed by atoms with Crippen molar-refractivity contribution in [2.45, 2.75) is 0 Å². The zero-order valence-electron chi connectivity index (χ0n) is 14.5. The lowest BCUT2D eigenvalue weighted by Crippen LogP contribution is -2.25. The molecule has 3 heteroatoms. The van der Waals surface area contributed by atoms with Gasteiger partial charge in [0.15, 0.2) is 7.14 Å². The van der Waals surface area contributed by atoms with Gasteiger partial charge in [-0.1, -0.05) is 84.9 Å². The SMILES string of the molecule is COc1cccc([P@@](=O)(c2ccccc2)c2cccc3ccccc23)c1. The van der Waals surface area contributed by atoms with E-state index in [4.69, 9.17) is 4.74 Å². The number of benzene rings is 4. The van der Waals surface area contributed by atoms with E-state index in [9.17, 15) is 4.57 Å². The third kappa shape index (κ3) is 2.73. The van der Waals surface area contributed by atoms with Crippen LogP contribution in [-0.2, 0) is 4.57 Å². The van der Waals surface area contributed by atoms with Gasteiger partial charge in [-0.25, -0.2) is 0 Å². The minimum atomic E-state index is -3.04. The Hall–Kier alpha value is -2.83. The summed E-state index contributed by atoms with van der Waals surface area (Å²) in [4.78, 5) is 0. The van der Waals surface area contributed by atoms with Gasteiger partial charge in [0.25, 0.3) is 0 Å². The van der Waals surface area contributed by atoms with Crippen molar-refractivity contribution in [1.82, 2.24) is 0 Å². The molecule has 0 aliphatic heterocycles. The molecule has 26 heavy (non-hydrogen) atoms. The maximum Gasteiger partial charge on any atom is 0.171 e. The minimum Gasteiger partial charge on any atom is -0.497 e. The smallest absolute Gasteiger partial charge is 0.171 e. The third-order valence-corrected chi connectivity index (χ3v) is 7.74. The van der Waals surface area contributed by atoms with Gasteiger partial charge in [-0.2, -0.15) is 0 Å². The van der Waals surface area contributed by atoms with Gasteiger partial charge in [0.05, 0.1) is 7.11 Å². The van der Waals surface area contributed by atoms with Gasteiger partial charge in [0, 0.05) is 15.9 Å². The second kappa shape index (κ2) is 6.82. The Labute approximate surface area is 153 Å². The molecule has 0 N–H and O–H groups in total. The molecule has 1 atom stereocenters. The second-order valence-electron chi connectivity index (χ2n) is 6.14. The highest BCUT2D eigenvalue weighted by atomic mass is 31.2. The molecule has 0 bridgehead atoms. The van der Waals surface area contributed by atoms with Gasteiger partial charge in [0.2, 0.25) is 0 Å². The standard InChI is InChI=1S/C23H19O2P/c1-25-19-11-8-14-21(17-19)26(24,20-12-3-2-4-13-20)23-16-7-10-18-9-5-6-15-22(18)23/h2-17H,1H3/t26-/m0/s1. The summed E-state index contributed by atoms with van der Waals surface area (Å²) < 4.78 is 20.0. The topological polar surface area (TPSA) is 26.3 Å². The molecule has 0 amide bonds. The first-order valence-electron chi connectivity index (χ1n) is 8.52. The number of hydrogen-bond donors (Lipinski definition) is 0. The van der Waals surface area contributed by atoms with E-state index in [1.54, 1.807) is 7.11 Å². The Morgan fingerprint density at radius 1 is 0.692 bits per heavy atom. The van der Waals surface area contributed by atoms with E-state index in [1.807, 2.05) is 84.9 Å². The summed E-state index contributed by atoms with van der Waals surface area (Å²) >= 11 is 0. The first-order chi connectivity index (χ1) is 12.7. The van der Waals surface area contributed by atoms with Crippen LogP contribution >= 0.6 is 7.14 Å². The van der Waals surface area contributed by atoms with Crippen molar-refractivity contribution in [3.63, 3.8) is 0 Å². The second-order valence-corrected chi connectivity index (χ2v) is 8.88. The van der Waals surface area contributed by atoms with Gasteiger partial charge in [-0.15, -0.1) is 0 Å². The van der Waals surface area contributed by atoms with Crippen molar-refractivity contribution < 1.29 is 9.30 Å². The summed E-state index contributed by atoms with van der Waals surface area (Å²) in [6, 6.07) is 31.4. The highest BCUT2D eigenvalue weighted by molar-refractivity contribution is 7.85. The lowest BCUT2D eigenvalue weighted by Gasteiger charge is -2.22. The van der Waals surface area contributed by atoms with Crippen molar-refractivity contribution in [2.24, 2.45) is 0 Å². The summed E-state index contributed by atoms with van der Waals surface area (Å²) in [5.74, 6) is 0.707. The predicted octanol–water partition coefficient (Wildman–Crippen LogP) is 4.49. The van der Waals surface area contributed by atoms with Gasteiger partial charge < -0.3 is 9.30 Å². The number of hydrogen-bond acceptors (Lipinski definition) is 2. The molecule has 0 aliphatic rings. The fourth-order valence-electron chi connectivity index (χ4n) is 3.35. The van der Waals surface area contributed by atoms with Crippen molar-refractivity contribution in [3.05, 3.63) is 97.1 Å². The Balaban J connectivity index is 2.08. The lowest BCUT2D eigenvalue weighted by molar-refractivity contribution is 0.415. The Kier molecular flexibility index (Phi) is 4.36. The molecular formula is C23H19O2P. The Morgan fingerprint density at radius 2 is 1.35 bits per heavy atom. The first-order valence-corrected chi connectivity index (χ1v) is 10.2. The zero-order chi connectivity index (χ0) is 18.0. The molecule has 0 spiro atoms. The van der Waals surface area contributed by atoms with Crippen molar-refractivity contribution in [3.8, 4) is 5.75 Å². The van der Waals surface area contributed by atoms with E-state index in [1.165, 1.54) is 0 Å². The van der Waals surface area contributed by atoms with Crippen LogP contribution in [0, 0.1) is 0 Å². The number of methoxy groups -OCH3 is 1. The molecule has 0 fully saturated rings. The first kappa shape index (κ1) is 16.6. The van der Waals surface area contributed by atoms with Crippen LogP contribution < -0.4 is 20.7 Å². The predicted molar refractivity (Wildman–Crippen MR) is 110 cm³/mol. The average molecular weight is 358 g/mol. The molecule has 4 rings (SSSR count). The number of ether oxygens (including phenoxy) is 1. The molecule has 4 aromatic rings. The van der Waals surface area contributed by atoms with Gasteiger partial charge in [-0.3, -0.25) is 0 Å². The molecule has 0 aliphatic carbocycles. The van der Waals surface area contributed by atoms with Crippen molar-refractivity contribution in [1.29, 1.82) is 0 Å². The zero-order valence-corrected chi connectivity index (χ0v) is 15.4. The molecule has 0 radical (unpaired) electrons. The number of rotatable bonds is 4. The van der Waals surface area contributed by atoms with Crippen LogP contribution in [0.15, 0.2) is 97.1 Å². The number of fused-ring (bicyclic) bond motifs is 1. The van der Waals surface area contributed by atoms with Crippen LogP contribution in [-0.4, -0.2) is 7.11 Å². The summed E-state index contributed by atoms with van der Waals surface area (Å²) in [5.41, 5.74) is 0. The normalized spacial score (nSPS) is 13.3. The quantitative estimate of drug-likeness (QED) is 0.503. The minimum absolute atomic E-state index is 0.707. The van der Waals surface area contributed by atoms with E-state index in [-0.39, 0.29) is 0 Å². The summed E-state index contributed by atoms with van der Waals surface area (Å²) in [6.07, 6.45) is 0. The summed E-state index contributed by atoms with van der Waals surface area (Å²) in [6.45, 7) is 0. The van der Waals surface area contributed by atoms with E-state index in [0.29, 0.717) is 5.75 Å². The molecule has 2 nitrogen and oxygen atoms in total. The van der Waals surface area contributed by atoms with E-state index in [2.05, 4.69) is 12.1 Å². The molecule has 0 saturated carbocycles. The molecule has 4 aromatic carbocycles. The molecular weight excluding hydrogens is 339 g/mol. The maximum absolute atomic E-state index is 14.6. The molecule has 0 unspecified atom stereocenters. The van der Waals surface area contributed by atoms with Crippen LogP contribution in [0.5, 0.6) is 5.75 Å². The van der Waals surface area contributed by atoms with E-state index in [0.717, 1.165) is 26.7 Å². The maximum atomic E-state index is 14.6. The van der Waals surface area contributed by atoms with E-state index >= 15 is 0 Å². The average Bonchev–Trinajstić information content (AvgIpc) is 2.73. The van der Waals surface area contributed by atoms with Crippen molar-refractivity contribution in [2.75, 3.05) is 7.11 Å². The highest BCUT2D eigenvalue weighted by Gasteiger charge is 2.31. The lowest BCUT2D eigenvalue weighted by atomic mass is 10.1. The van der Waals surface area contributed by atoms with Gasteiger partial charge in [0.1, 0.15) is 5.75 Å². The summed E-state index contributed by atoms with van der Waals surface area (Å²) in [5, 5.41) is 4.56. The molecule has 0 heterocycles. The van der Waals surface area contributed by atoms with Crippen LogP contribution in [0.2, 0.25) is 0 Å². The Morgan fingerprint density at radius 3 is 2.15 bits per heavy atom. The van der Waals surface area contributed by atoms with Crippen LogP contribution in [0.4, 0.5) is 0 Å². The van der Waals surface area contributed by atoms with Gasteiger partial charge in [-0.05, 0) is 22.9 Å². The van der Waals surface area contributed by atoms with Crippen molar-refractivity contribution >= 4 is 33.8 Å². The van der Waals surface area contributed by atoms with E-state index < -0.39 is 7.14 Å². The van der Waals surface area contributed by atoms with Crippen LogP contribution in [0.1, 0.15) is 0 Å². The third-order valence-electron chi connectivity index (χ3n) is 4.64. The highest BCUT2D eigenvalue weighted by Crippen LogP contribution is 2.44. The Bertz CT molecular complexity index is 1100. The van der Waals surface area contributed by atoms with Gasteiger partial charge >= 0.3 is 0 Å². The summed E-state index contributed by atoms with van der Waals surface area (Å²) in [7, 11) is -1.41. The largest absolute Gasteiger partial charge is 0.497 e. The van der Waals surface area contributed by atoms with Crippen LogP contribution in [0.25, 0.3) is 10.8 Å².